The second kappa shape index (κ2) is 8.93. The zero-order valence-corrected chi connectivity index (χ0v) is 22.4. The van der Waals surface area contributed by atoms with E-state index in [9.17, 15) is 39.9 Å². The lowest BCUT2D eigenvalue weighted by molar-refractivity contribution is -0.162. The van der Waals surface area contributed by atoms with Crippen LogP contribution in [0.3, 0.4) is 0 Å². The molecule has 0 saturated carbocycles. The van der Waals surface area contributed by atoms with E-state index in [1.807, 2.05) is 20.8 Å². The molecule has 7 N–H and O–H groups in total. The number of ketones is 2. The Morgan fingerprint density at radius 2 is 1.76 bits per heavy atom. The summed E-state index contributed by atoms with van der Waals surface area (Å²) in [6, 6.07) is 2.20. The number of Topliss-reactive ketones (excluding diaryl/α,β-unsaturated/α-hetero) is 2. The van der Waals surface area contributed by atoms with Crippen molar-refractivity contribution in [3.8, 4) is 5.75 Å². The Morgan fingerprint density at radius 1 is 1.16 bits per heavy atom. The van der Waals surface area contributed by atoms with Crippen molar-refractivity contribution >= 4 is 17.5 Å². The summed E-state index contributed by atoms with van der Waals surface area (Å²) in [6.45, 7) is 7.61. The van der Waals surface area contributed by atoms with Crippen LogP contribution in [0.1, 0.15) is 67.9 Å². The van der Waals surface area contributed by atoms with Gasteiger partial charge in [-0.1, -0.05) is 46.2 Å². The van der Waals surface area contributed by atoms with E-state index in [1.165, 1.54) is 19.0 Å². The first-order valence-corrected chi connectivity index (χ1v) is 12.7. The van der Waals surface area contributed by atoms with Crippen molar-refractivity contribution in [2.45, 2.75) is 69.6 Å². The molecule has 4 rings (SSSR count). The summed E-state index contributed by atoms with van der Waals surface area (Å²) in [5.41, 5.74) is 1.56. The van der Waals surface area contributed by atoms with Gasteiger partial charge in [-0.3, -0.25) is 19.3 Å². The smallest absolute Gasteiger partial charge is 0.255 e. The number of nitrogens with zero attached hydrogens (tertiary/aromatic N) is 1. The SMILES string of the molecule is CCCC(C)(C)c1ccc2c(c1O)C(=O)C1=C(O)[C@]3(O)C(=O)C(C(N)=O)=C(O)[C@@H](N(C)C)[C@@H]3[C@@H](O)[C@@H]1[C@H]2C. The number of primary amides is 1. The number of likely N-dealkylation sites (N-methyl/N-ethyl adjacent to an activating group) is 1. The number of aliphatic hydroxyl groups is 4. The maximum atomic E-state index is 14.0. The van der Waals surface area contributed by atoms with Crippen molar-refractivity contribution in [2.75, 3.05) is 14.1 Å². The van der Waals surface area contributed by atoms with Gasteiger partial charge in [0.1, 0.15) is 22.8 Å². The van der Waals surface area contributed by atoms with E-state index in [4.69, 9.17) is 5.73 Å². The molecule has 6 atom stereocenters. The van der Waals surface area contributed by atoms with Gasteiger partial charge in [-0.15, -0.1) is 0 Å². The van der Waals surface area contributed by atoms with Crippen LogP contribution in [-0.2, 0) is 15.0 Å². The molecule has 38 heavy (non-hydrogen) atoms. The summed E-state index contributed by atoms with van der Waals surface area (Å²) >= 11 is 0. The van der Waals surface area contributed by atoms with Gasteiger partial charge < -0.3 is 31.3 Å². The number of aromatic hydroxyl groups is 1. The average molecular weight is 529 g/mol. The van der Waals surface area contributed by atoms with Gasteiger partial charge >= 0.3 is 0 Å². The van der Waals surface area contributed by atoms with Crippen LogP contribution in [0.4, 0.5) is 0 Å². The third-order valence-corrected chi connectivity index (χ3v) is 8.74. The van der Waals surface area contributed by atoms with E-state index >= 15 is 0 Å². The number of nitrogens with two attached hydrogens (primary N) is 1. The number of hydrogen-bond donors (Lipinski definition) is 6. The standard InChI is InChI=1S/C28H36N2O8/c1-7-10-27(3,4)13-9-8-12-11(2)14-16(21(32)15(12)20(13)31)24(35)28(38)18(22(14)33)19(30(5)6)23(34)17(25(28)36)26(29)37/h8-9,11,14,18-19,22,31,33-35,38H,7,10H2,1-6H3,(H2,29,37)/t11-,14+,18+,19-,22-,28-/m0/s1. The predicted molar refractivity (Wildman–Crippen MR) is 138 cm³/mol. The van der Waals surface area contributed by atoms with E-state index in [1.54, 1.807) is 19.1 Å². The average Bonchev–Trinajstić information content (AvgIpc) is 2.80. The molecule has 0 radical (unpaired) electrons. The Kier molecular flexibility index (Phi) is 6.54. The van der Waals surface area contributed by atoms with Crippen LogP contribution in [0.2, 0.25) is 0 Å². The first kappa shape index (κ1) is 27.8. The molecule has 3 aliphatic rings. The number of hydrogen-bond acceptors (Lipinski definition) is 9. The Labute approximate surface area is 221 Å². The van der Waals surface area contributed by atoms with Crippen molar-refractivity contribution < 1.29 is 39.9 Å². The monoisotopic (exact) mass is 528 g/mol. The molecule has 3 aliphatic carbocycles. The molecular weight excluding hydrogens is 492 g/mol. The molecule has 0 spiro atoms. The molecule has 10 nitrogen and oxygen atoms in total. The Balaban J connectivity index is 2.02. The van der Waals surface area contributed by atoms with Gasteiger partial charge in [0.05, 0.1) is 23.6 Å². The molecular formula is C28H36N2O8. The van der Waals surface area contributed by atoms with Crippen LogP contribution >= 0.6 is 0 Å². The highest BCUT2D eigenvalue weighted by Crippen LogP contribution is 2.56. The molecule has 1 aromatic carbocycles. The summed E-state index contributed by atoms with van der Waals surface area (Å²) < 4.78 is 0. The number of amides is 1. The van der Waals surface area contributed by atoms with Crippen LogP contribution in [0.5, 0.6) is 5.75 Å². The Bertz CT molecular complexity index is 1310. The molecule has 0 fully saturated rings. The lowest BCUT2D eigenvalue weighted by atomic mass is 9.55. The fourth-order valence-electron chi connectivity index (χ4n) is 6.93. The molecule has 0 heterocycles. The summed E-state index contributed by atoms with van der Waals surface area (Å²) in [7, 11) is 3.00. The number of rotatable bonds is 5. The first-order valence-electron chi connectivity index (χ1n) is 12.7. The zero-order valence-electron chi connectivity index (χ0n) is 22.4. The van der Waals surface area contributed by atoms with Crippen LogP contribution in [-0.4, -0.2) is 79.7 Å². The Hall–Kier alpha value is -3.21. The largest absolute Gasteiger partial charge is 0.510 e. The lowest BCUT2D eigenvalue weighted by Crippen LogP contribution is -2.68. The van der Waals surface area contributed by atoms with Crippen molar-refractivity contribution in [2.24, 2.45) is 17.6 Å². The maximum Gasteiger partial charge on any atom is 0.255 e. The third kappa shape index (κ3) is 3.47. The summed E-state index contributed by atoms with van der Waals surface area (Å²) in [4.78, 5) is 40.9. The minimum absolute atomic E-state index is 0.0628. The second-order valence-corrected chi connectivity index (χ2v) is 11.6. The van der Waals surface area contributed by atoms with E-state index in [0.29, 0.717) is 11.1 Å². The number of phenols is 1. The number of carbonyl (C=O) groups is 3. The summed E-state index contributed by atoms with van der Waals surface area (Å²) in [6.07, 6.45) is -0.0455. The summed E-state index contributed by atoms with van der Waals surface area (Å²) in [5, 5.41) is 57.0. The van der Waals surface area contributed by atoms with E-state index in [0.717, 1.165) is 12.8 Å². The van der Waals surface area contributed by atoms with Gasteiger partial charge in [0.2, 0.25) is 5.78 Å². The van der Waals surface area contributed by atoms with Crippen LogP contribution in [0.25, 0.3) is 0 Å². The highest BCUT2D eigenvalue weighted by molar-refractivity contribution is 6.25. The molecule has 0 aromatic heterocycles. The van der Waals surface area contributed by atoms with Gasteiger partial charge in [0, 0.05) is 17.1 Å². The topological polar surface area (TPSA) is 182 Å². The lowest BCUT2D eigenvalue weighted by Gasteiger charge is -2.53. The number of benzene rings is 1. The number of carbonyl (C=O) groups excluding carboxylic acids is 3. The first-order chi connectivity index (χ1) is 17.5. The molecule has 206 valence electrons. The molecule has 10 heteroatoms. The highest BCUT2D eigenvalue weighted by Gasteiger charge is 2.67. The highest BCUT2D eigenvalue weighted by atomic mass is 16.4. The van der Waals surface area contributed by atoms with Crippen molar-refractivity contribution in [3.05, 3.63) is 51.5 Å². The van der Waals surface area contributed by atoms with Crippen LogP contribution in [0.15, 0.2) is 34.8 Å². The van der Waals surface area contributed by atoms with E-state index in [-0.39, 0.29) is 11.3 Å². The molecule has 0 saturated heterocycles. The minimum Gasteiger partial charge on any atom is -0.510 e. The number of aliphatic hydroxyl groups excluding tert-OH is 3. The Morgan fingerprint density at radius 3 is 2.29 bits per heavy atom. The van der Waals surface area contributed by atoms with Gasteiger partial charge in [-0.2, -0.15) is 0 Å². The van der Waals surface area contributed by atoms with Crippen molar-refractivity contribution in [1.82, 2.24) is 4.90 Å². The molecule has 1 aromatic rings. The van der Waals surface area contributed by atoms with Crippen LogP contribution < -0.4 is 5.73 Å². The van der Waals surface area contributed by atoms with Gasteiger partial charge in [-0.25, -0.2) is 0 Å². The zero-order chi connectivity index (χ0) is 28.6. The predicted octanol–water partition coefficient (Wildman–Crippen LogP) is 1.73. The van der Waals surface area contributed by atoms with E-state index < -0.39 is 81.1 Å². The second-order valence-electron chi connectivity index (χ2n) is 11.6. The summed E-state index contributed by atoms with van der Waals surface area (Å²) in [5.74, 6) is -8.79. The van der Waals surface area contributed by atoms with Gasteiger partial charge in [0.25, 0.3) is 5.91 Å². The maximum absolute atomic E-state index is 14.0. The molecule has 0 unspecified atom stereocenters. The molecule has 1 amide bonds. The minimum atomic E-state index is -2.92. The third-order valence-electron chi connectivity index (χ3n) is 8.74. The molecule has 0 aliphatic heterocycles. The van der Waals surface area contributed by atoms with Crippen LogP contribution in [0, 0.1) is 11.8 Å². The van der Waals surface area contributed by atoms with Gasteiger partial charge in [-0.05, 0) is 37.4 Å². The van der Waals surface area contributed by atoms with E-state index in [2.05, 4.69) is 0 Å². The number of phenolic OH excluding ortho intramolecular Hbond substituents is 1. The van der Waals surface area contributed by atoms with Crippen molar-refractivity contribution in [1.29, 1.82) is 0 Å². The van der Waals surface area contributed by atoms with Gasteiger partial charge in [0.15, 0.2) is 11.4 Å². The normalized spacial score (nSPS) is 31.3. The fraction of sp³-hybridized carbons (Fsp3) is 0.536. The number of fused-ring (bicyclic) bond motifs is 3. The van der Waals surface area contributed by atoms with Crippen molar-refractivity contribution in [3.63, 3.8) is 0 Å². The quantitative estimate of drug-likeness (QED) is 0.310. The fourth-order valence-corrected chi connectivity index (χ4v) is 6.93. The molecule has 0 bridgehead atoms.